The fourth-order valence-corrected chi connectivity index (χ4v) is 1.64. The lowest BCUT2D eigenvalue weighted by molar-refractivity contribution is -0.0980. The summed E-state index contributed by atoms with van der Waals surface area (Å²) in [5.74, 6) is 0.107. The van der Waals surface area contributed by atoms with Crippen LogP contribution in [0.15, 0.2) is 61.2 Å². The Labute approximate surface area is 139 Å². The second-order valence-electron chi connectivity index (χ2n) is 4.41. The molecular weight excluding hydrogens is 296 g/mol. The van der Waals surface area contributed by atoms with Gasteiger partial charge in [-0.1, -0.05) is 60.2 Å². The molecule has 0 aromatic heterocycles. The Morgan fingerprint density at radius 1 is 0.909 bits per heavy atom. The number of ketones is 1. The first-order chi connectivity index (χ1) is 10.1. The summed E-state index contributed by atoms with van der Waals surface area (Å²) in [5, 5.41) is 0. The highest BCUT2D eigenvalue weighted by Gasteiger charge is 2.00. The summed E-state index contributed by atoms with van der Waals surface area (Å²) >= 11 is 0. The third kappa shape index (κ3) is 7.55. The largest absolute Gasteiger partial charge is 0.307 e. The number of rotatable bonds is 2. The van der Waals surface area contributed by atoms with Crippen LogP contribution in [-0.4, -0.2) is 12.6 Å². The quantitative estimate of drug-likeness (QED) is 0.556. The summed E-state index contributed by atoms with van der Waals surface area (Å²) in [6.45, 7) is 10.9. The number of allylic oxidation sites excluding steroid dienone is 1. The highest BCUT2D eigenvalue weighted by Crippen LogP contribution is 2.20. The van der Waals surface area contributed by atoms with E-state index >= 15 is 0 Å². The molecule has 0 aliphatic heterocycles. The molecule has 0 spiro atoms. The lowest BCUT2D eigenvalue weighted by atomic mass is 10.0. The van der Waals surface area contributed by atoms with Gasteiger partial charge in [0.15, 0.2) is 5.78 Å². The van der Waals surface area contributed by atoms with Gasteiger partial charge in [0.1, 0.15) is 6.79 Å². The van der Waals surface area contributed by atoms with Gasteiger partial charge >= 0.3 is 0 Å². The van der Waals surface area contributed by atoms with E-state index in [9.17, 15) is 4.79 Å². The van der Waals surface area contributed by atoms with E-state index in [0.29, 0.717) is 0 Å². The van der Waals surface area contributed by atoms with E-state index in [1.807, 2.05) is 38.0 Å². The van der Waals surface area contributed by atoms with Crippen molar-refractivity contribution >= 4 is 25.0 Å². The van der Waals surface area contributed by atoms with Gasteiger partial charge in [-0.25, -0.2) is 0 Å². The van der Waals surface area contributed by atoms with Gasteiger partial charge in [0.05, 0.1) is 0 Å². The van der Waals surface area contributed by atoms with E-state index in [0.717, 1.165) is 11.1 Å². The minimum Gasteiger partial charge on any atom is -0.307 e. The molecule has 0 radical (unpaired) electrons. The van der Waals surface area contributed by atoms with Crippen LogP contribution in [0, 0.1) is 6.92 Å². The van der Waals surface area contributed by atoms with Crippen LogP contribution in [0.3, 0.4) is 0 Å². The molecule has 22 heavy (non-hydrogen) atoms. The normalized spacial score (nSPS) is 8.14. The van der Waals surface area contributed by atoms with Crippen LogP contribution in [0.5, 0.6) is 0 Å². The maximum atomic E-state index is 11.1. The Hall–Kier alpha value is -2.19. The van der Waals surface area contributed by atoms with Crippen molar-refractivity contribution in [1.29, 1.82) is 0 Å². The van der Waals surface area contributed by atoms with Crippen molar-refractivity contribution in [1.82, 2.24) is 0 Å². The van der Waals surface area contributed by atoms with Crippen LogP contribution < -0.4 is 0 Å². The van der Waals surface area contributed by atoms with Crippen molar-refractivity contribution in [2.45, 2.75) is 20.8 Å². The molecule has 0 bridgehead atoms. The SMILES string of the molecule is C=CC.C=O.CC(=O)c1ccc(-c2ccc(C)cc2)cc1.Cl. The lowest BCUT2D eigenvalue weighted by Crippen LogP contribution is -1.90. The standard InChI is InChI=1S/C15H14O.C3H6.CH2O.ClH/c1-11-3-5-14(6-4-11)15-9-7-13(8-10-15)12(2)16;1-3-2;1-2;/h3-10H,1-2H3;3H,1H2,2H3;1H2;1H. The molecule has 0 heterocycles. The third-order valence-electron chi connectivity index (χ3n) is 2.68. The van der Waals surface area contributed by atoms with E-state index in [2.05, 4.69) is 37.8 Å². The Balaban J connectivity index is 0. The number of hydrogen-bond acceptors (Lipinski definition) is 2. The zero-order valence-electron chi connectivity index (χ0n) is 13.3. The highest BCUT2D eigenvalue weighted by molar-refractivity contribution is 5.94. The predicted molar refractivity (Wildman–Crippen MR) is 96.9 cm³/mol. The Kier molecular flexibility index (Phi) is 12.6. The number of halogens is 1. The molecule has 2 rings (SSSR count). The fraction of sp³-hybridized carbons (Fsp3) is 0.158. The second kappa shape index (κ2) is 12.5. The zero-order valence-corrected chi connectivity index (χ0v) is 14.2. The third-order valence-corrected chi connectivity index (χ3v) is 2.68. The van der Waals surface area contributed by atoms with Crippen molar-refractivity contribution in [2.75, 3.05) is 0 Å². The molecule has 0 amide bonds. The monoisotopic (exact) mass is 318 g/mol. The van der Waals surface area contributed by atoms with Gasteiger partial charge in [0.25, 0.3) is 0 Å². The van der Waals surface area contributed by atoms with Crippen molar-refractivity contribution < 1.29 is 9.59 Å². The molecule has 2 aromatic rings. The van der Waals surface area contributed by atoms with Gasteiger partial charge < -0.3 is 4.79 Å². The molecule has 2 nitrogen and oxygen atoms in total. The van der Waals surface area contributed by atoms with E-state index in [4.69, 9.17) is 4.79 Å². The summed E-state index contributed by atoms with van der Waals surface area (Å²) < 4.78 is 0. The molecule has 3 heteroatoms. The molecule has 118 valence electrons. The molecule has 0 aliphatic carbocycles. The molecule has 0 N–H and O–H groups in total. The molecule has 0 atom stereocenters. The average molecular weight is 319 g/mol. The number of benzene rings is 2. The van der Waals surface area contributed by atoms with Crippen LogP contribution in [0.2, 0.25) is 0 Å². The summed E-state index contributed by atoms with van der Waals surface area (Å²) in [5.41, 5.74) is 4.34. The predicted octanol–water partition coefficient (Wildman–Crippen LogP) is 5.29. The molecule has 0 unspecified atom stereocenters. The van der Waals surface area contributed by atoms with Crippen LogP contribution in [0.4, 0.5) is 0 Å². The summed E-state index contributed by atoms with van der Waals surface area (Å²) in [6, 6.07) is 16.1. The number of carbonyl (C=O) groups is 2. The number of hydrogen-bond donors (Lipinski definition) is 0. The van der Waals surface area contributed by atoms with Gasteiger partial charge in [0.2, 0.25) is 0 Å². The molecule has 2 aromatic carbocycles. The minimum atomic E-state index is 0. The molecule has 0 aliphatic rings. The van der Waals surface area contributed by atoms with Crippen molar-refractivity contribution in [2.24, 2.45) is 0 Å². The van der Waals surface area contributed by atoms with E-state index < -0.39 is 0 Å². The smallest absolute Gasteiger partial charge is 0.159 e. The van der Waals surface area contributed by atoms with E-state index in [1.54, 1.807) is 13.0 Å². The minimum absolute atomic E-state index is 0. The van der Waals surface area contributed by atoms with Gasteiger partial charge in [0, 0.05) is 5.56 Å². The van der Waals surface area contributed by atoms with E-state index in [1.165, 1.54) is 11.1 Å². The first-order valence-corrected chi connectivity index (χ1v) is 6.62. The molecular formula is C19H23ClO2. The molecule has 0 saturated carbocycles. The topological polar surface area (TPSA) is 34.1 Å². The van der Waals surface area contributed by atoms with E-state index in [-0.39, 0.29) is 18.2 Å². The van der Waals surface area contributed by atoms with Crippen molar-refractivity contribution in [3.8, 4) is 11.1 Å². The molecule has 0 saturated heterocycles. The highest BCUT2D eigenvalue weighted by atomic mass is 35.5. The maximum Gasteiger partial charge on any atom is 0.159 e. The van der Waals surface area contributed by atoms with Gasteiger partial charge in [-0.15, -0.1) is 19.0 Å². The number of carbonyl (C=O) groups excluding carboxylic acids is 2. The van der Waals surface area contributed by atoms with Gasteiger partial charge in [-0.2, -0.15) is 0 Å². The van der Waals surface area contributed by atoms with Crippen molar-refractivity contribution in [3.63, 3.8) is 0 Å². The fourth-order valence-electron chi connectivity index (χ4n) is 1.64. The first kappa shape index (κ1) is 22.1. The van der Waals surface area contributed by atoms with Gasteiger partial charge in [-0.3, -0.25) is 4.79 Å². The average Bonchev–Trinajstić information content (AvgIpc) is 2.51. The summed E-state index contributed by atoms with van der Waals surface area (Å²) in [6.07, 6.45) is 1.75. The maximum absolute atomic E-state index is 11.1. The van der Waals surface area contributed by atoms with Gasteiger partial charge in [-0.05, 0) is 31.9 Å². The zero-order chi connectivity index (χ0) is 16.3. The summed E-state index contributed by atoms with van der Waals surface area (Å²) in [7, 11) is 0. The van der Waals surface area contributed by atoms with Crippen LogP contribution in [0.25, 0.3) is 11.1 Å². The Morgan fingerprint density at radius 3 is 1.55 bits per heavy atom. The van der Waals surface area contributed by atoms with Crippen LogP contribution in [-0.2, 0) is 4.79 Å². The molecule has 0 fully saturated rings. The van der Waals surface area contributed by atoms with Crippen LogP contribution >= 0.6 is 12.4 Å². The van der Waals surface area contributed by atoms with Crippen molar-refractivity contribution in [3.05, 3.63) is 72.3 Å². The number of Topliss-reactive ketones (excluding diaryl/α,β-unsaturated/α-hetero) is 1. The number of aryl methyl sites for hydroxylation is 1. The lowest BCUT2D eigenvalue weighted by Gasteiger charge is -2.03. The second-order valence-corrected chi connectivity index (χ2v) is 4.41. The Morgan fingerprint density at radius 2 is 1.23 bits per heavy atom. The summed E-state index contributed by atoms with van der Waals surface area (Å²) in [4.78, 5) is 19.1. The first-order valence-electron chi connectivity index (χ1n) is 6.62. The van der Waals surface area contributed by atoms with Crippen LogP contribution in [0.1, 0.15) is 29.8 Å². The Bertz CT molecular complexity index is 557.